The normalized spacial score (nSPS) is 11.2. The van der Waals surface area contributed by atoms with E-state index in [-0.39, 0.29) is 5.82 Å². The van der Waals surface area contributed by atoms with E-state index in [4.69, 9.17) is 4.74 Å². The van der Waals surface area contributed by atoms with Crippen molar-refractivity contribution in [1.29, 1.82) is 0 Å². The summed E-state index contributed by atoms with van der Waals surface area (Å²) in [5, 5.41) is 1.21. The number of nitrogens with zero attached hydrogens (tertiary/aromatic N) is 3. The fraction of sp³-hybridized carbons (Fsp3) is 0.0625. The van der Waals surface area contributed by atoms with Crippen LogP contribution in [0, 0.1) is 5.82 Å². The second-order valence-electron chi connectivity index (χ2n) is 4.86. The van der Waals surface area contributed by atoms with E-state index in [1.165, 1.54) is 19.5 Å². The zero-order valence-corrected chi connectivity index (χ0v) is 11.7. The summed E-state index contributed by atoms with van der Waals surface area (Å²) in [6.45, 7) is 0. The molecule has 6 heteroatoms. The fourth-order valence-corrected chi connectivity index (χ4v) is 2.55. The first-order valence-electron chi connectivity index (χ1n) is 6.68. The highest BCUT2D eigenvalue weighted by molar-refractivity contribution is 5.92. The van der Waals surface area contributed by atoms with E-state index >= 15 is 0 Å². The van der Waals surface area contributed by atoms with E-state index in [0.717, 1.165) is 5.39 Å². The van der Waals surface area contributed by atoms with Gasteiger partial charge in [-0.05, 0) is 23.6 Å². The van der Waals surface area contributed by atoms with Crippen molar-refractivity contribution in [2.24, 2.45) is 0 Å². The lowest BCUT2D eigenvalue weighted by molar-refractivity contribution is 0.418. The Morgan fingerprint density at radius 3 is 2.95 bits per heavy atom. The van der Waals surface area contributed by atoms with Gasteiger partial charge >= 0.3 is 0 Å². The van der Waals surface area contributed by atoms with Gasteiger partial charge in [-0.15, -0.1) is 0 Å². The van der Waals surface area contributed by atoms with Gasteiger partial charge in [0, 0.05) is 5.56 Å². The molecular weight excluding hydrogens is 283 g/mol. The van der Waals surface area contributed by atoms with Gasteiger partial charge in [-0.2, -0.15) is 0 Å². The molecule has 0 saturated heterocycles. The Morgan fingerprint density at radius 2 is 2.14 bits per heavy atom. The average molecular weight is 294 g/mol. The molecule has 0 spiro atoms. The van der Waals surface area contributed by atoms with Crippen molar-refractivity contribution < 1.29 is 9.13 Å². The second kappa shape index (κ2) is 4.77. The summed E-state index contributed by atoms with van der Waals surface area (Å²) in [6.07, 6.45) is 3.05. The number of rotatable bonds is 2. The number of nitrogens with one attached hydrogen (secondary N) is 1. The van der Waals surface area contributed by atoms with Gasteiger partial charge in [-0.3, -0.25) is 0 Å². The van der Waals surface area contributed by atoms with Gasteiger partial charge in [0.1, 0.15) is 29.2 Å². The Balaban J connectivity index is 1.96. The van der Waals surface area contributed by atoms with Crippen molar-refractivity contribution in [3.05, 3.63) is 48.7 Å². The van der Waals surface area contributed by atoms with Gasteiger partial charge in [0.2, 0.25) is 0 Å². The van der Waals surface area contributed by atoms with Crippen LogP contribution in [0.4, 0.5) is 4.39 Å². The molecule has 0 aliphatic rings. The van der Waals surface area contributed by atoms with E-state index in [9.17, 15) is 4.39 Å². The van der Waals surface area contributed by atoms with E-state index in [1.807, 2.05) is 18.2 Å². The molecule has 2 aromatic carbocycles. The third-order valence-electron chi connectivity index (χ3n) is 3.55. The standard InChI is InChI=1S/C16H11FN4O/c1-22-13-4-2-3-9-5-10(6-11(17)14(9)13)15-20-12-7-18-8-19-16(12)21-15/h2-8H,1H3,(H,18,19,20,21). The van der Waals surface area contributed by atoms with Crippen LogP contribution >= 0.6 is 0 Å². The molecule has 0 radical (unpaired) electrons. The Hall–Kier alpha value is -3.02. The molecule has 4 aromatic rings. The molecule has 2 heterocycles. The highest BCUT2D eigenvalue weighted by Crippen LogP contribution is 2.32. The molecule has 4 rings (SSSR count). The van der Waals surface area contributed by atoms with Crippen LogP contribution in [0.1, 0.15) is 0 Å². The smallest absolute Gasteiger partial charge is 0.161 e. The second-order valence-corrected chi connectivity index (χ2v) is 4.86. The lowest BCUT2D eigenvalue weighted by Gasteiger charge is -2.07. The van der Waals surface area contributed by atoms with Crippen molar-refractivity contribution in [3.63, 3.8) is 0 Å². The molecule has 2 aromatic heterocycles. The zero-order chi connectivity index (χ0) is 15.1. The number of aromatic nitrogens is 4. The van der Waals surface area contributed by atoms with Gasteiger partial charge in [-0.1, -0.05) is 12.1 Å². The number of methoxy groups -OCH3 is 1. The van der Waals surface area contributed by atoms with E-state index in [1.54, 1.807) is 12.3 Å². The topological polar surface area (TPSA) is 63.7 Å². The molecule has 5 nitrogen and oxygen atoms in total. The maximum Gasteiger partial charge on any atom is 0.161 e. The van der Waals surface area contributed by atoms with Gasteiger partial charge < -0.3 is 9.72 Å². The number of fused-ring (bicyclic) bond motifs is 2. The Labute approximate surface area is 124 Å². The maximum atomic E-state index is 14.5. The Kier molecular flexibility index (Phi) is 2.75. The Bertz CT molecular complexity index is 963. The first kappa shape index (κ1) is 12.7. The summed E-state index contributed by atoms with van der Waals surface area (Å²) in [5.74, 6) is 0.715. The van der Waals surface area contributed by atoms with Crippen LogP contribution in [-0.2, 0) is 0 Å². The minimum absolute atomic E-state index is 0.350. The molecule has 0 aliphatic carbocycles. The highest BCUT2D eigenvalue weighted by Gasteiger charge is 2.12. The molecule has 0 atom stereocenters. The number of halogens is 1. The quantitative estimate of drug-likeness (QED) is 0.616. The van der Waals surface area contributed by atoms with Crippen LogP contribution in [-0.4, -0.2) is 27.0 Å². The third kappa shape index (κ3) is 1.88. The number of aromatic amines is 1. The first-order chi connectivity index (χ1) is 10.8. The molecule has 0 aliphatic heterocycles. The molecule has 108 valence electrons. The van der Waals surface area contributed by atoms with E-state index in [2.05, 4.69) is 19.9 Å². The van der Waals surface area contributed by atoms with Crippen LogP contribution in [0.2, 0.25) is 0 Å². The summed E-state index contributed by atoms with van der Waals surface area (Å²) in [6, 6.07) is 8.71. The van der Waals surface area contributed by atoms with Crippen molar-refractivity contribution >= 4 is 21.9 Å². The molecular formula is C16H11FN4O. The van der Waals surface area contributed by atoms with Crippen LogP contribution in [0.15, 0.2) is 42.9 Å². The van der Waals surface area contributed by atoms with Gasteiger partial charge in [0.25, 0.3) is 0 Å². The molecule has 22 heavy (non-hydrogen) atoms. The molecule has 0 fully saturated rings. The Morgan fingerprint density at radius 1 is 1.23 bits per heavy atom. The van der Waals surface area contributed by atoms with E-state index < -0.39 is 0 Å². The monoisotopic (exact) mass is 294 g/mol. The highest BCUT2D eigenvalue weighted by atomic mass is 19.1. The fourth-order valence-electron chi connectivity index (χ4n) is 2.55. The maximum absolute atomic E-state index is 14.5. The van der Waals surface area contributed by atoms with Crippen molar-refractivity contribution in [3.8, 4) is 17.1 Å². The molecule has 0 amide bonds. The molecule has 0 unspecified atom stereocenters. The largest absolute Gasteiger partial charge is 0.496 e. The van der Waals surface area contributed by atoms with Crippen molar-refractivity contribution in [2.75, 3.05) is 7.11 Å². The van der Waals surface area contributed by atoms with Crippen molar-refractivity contribution in [2.45, 2.75) is 0 Å². The average Bonchev–Trinajstić information content (AvgIpc) is 2.98. The van der Waals surface area contributed by atoms with Gasteiger partial charge in [0.05, 0.1) is 18.7 Å². The van der Waals surface area contributed by atoms with Gasteiger partial charge in [-0.25, -0.2) is 19.3 Å². The van der Waals surface area contributed by atoms with Crippen LogP contribution in [0.3, 0.4) is 0 Å². The lowest BCUT2D eigenvalue weighted by Crippen LogP contribution is -1.90. The van der Waals surface area contributed by atoms with Crippen molar-refractivity contribution in [1.82, 2.24) is 19.9 Å². The summed E-state index contributed by atoms with van der Waals surface area (Å²) in [4.78, 5) is 15.5. The summed E-state index contributed by atoms with van der Waals surface area (Å²) in [5.41, 5.74) is 1.91. The van der Waals surface area contributed by atoms with Crippen LogP contribution in [0.25, 0.3) is 33.3 Å². The first-order valence-corrected chi connectivity index (χ1v) is 6.68. The zero-order valence-electron chi connectivity index (χ0n) is 11.7. The van der Waals surface area contributed by atoms with Crippen LogP contribution in [0.5, 0.6) is 5.75 Å². The van der Waals surface area contributed by atoms with Crippen LogP contribution < -0.4 is 4.74 Å². The lowest BCUT2D eigenvalue weighted by atomic mass is 10.1. The number of hydrogen-bond acceptors (Lipinski definition) is 4. The molecule has 0 saturated carbocycles. The summed E-state index contributed by atoms with van der Waals surface area (Å²) in [7, 11) is 1.53. The van der Waals surface area contributed by atoms with E-state index in [0.29, 0.717) is 33.7 Å². The number of H-pyrrole nitrogens is 1. The predicted molar refractivity (Wildman–Crippen MR) is 81.1 cm³/mol. The summed E-state index contributed by atoms with van der Waals surface area (Å²) < 4.78 is 19.7. The predicted octanol–water partition coefficient (Wildman–Crippen LogP) is 3.32. The molecule has 1 N–H and O–H groups in total. The number of ether oxygens (including phenoxy) is 1. The summed E-state index contributed by atoms with van der Waals surface area (Å²) >= 11 is 0. The minimum atomic E-state index is -0.350. The number of hydrogen-bond donors (Lipinski definition) is 1. The SMILES string of the molecule is COc1cccc2cc(-c3nc4cncnc4[nH]3)cc(F)c12. The number of imidazole rings is 1. The molecule has 0 bridgehead atoms. The number of benzene rings is 2. The minimum Gasteiger partial charge on any atom is -0.496 e. The third-order valence-corrected chi connectivity index (χ3v) is 3.55. The van der Waals surface area contributed by atoms with Gasteiger partial charge in [0.15, 0.2) is 5.65 Å².